The minimum Gasteiger partial charge on any atom is -0.497 e. The molecule has 1 unspecified atom stereocenters. The molecule has 0 radical (unpaired) electrons. The first kappa shape index (κ1) is 35.6. The number of aromatic nitrogens is 4. The third-order valence-electron chi connectivity index (χ3n) is 8.98. The summed E-state index contributed by atoms with van der Waals surface area (Å²) < 4.78 is 32.8. The number of amides is 1. The number of nitrogens with one attached hydrogen (secondary N) is 1. The highest BCUT2D eigenvalue weighted by atomic mass is 32.9. The van der Waals surface area contributed by atoms with Crippen molar-refractivity contribution in [1.82, 2.24) is 19.5 Å². The van der Waals surface area contributed by atoms with Gasteiger partial charge in [-0.1, -0.05) is 72.8 Å². The van der Waals surface area contributed by atoms with Gasteiger partial charge in [-0.05, 0) is 53.1 Å². The van der Waals surface area contributed by atoms with Crippen LogP contribution in [0.1, 0.15) is 39.7 Å². The van der Waals surface area contributed by atoms with Gasteiger partial charge in [0, 0.05) is 12.0 Å². The van der Waals surface area contributed by atoms with Gasteiger partial charge >= 0.3 is 0 Å². The first-order valence-corrected chi connectivity index (χ1v) is 19.7. The van der Waals surface area contributed by atoms with E-state index in [1.165, 1.54) is 6.33 Å². The minimum atomic E-state index is -1.56. The molecule has 14 heteroatoms. The Kier molecular flexibility index (Phi) is 10.9. The molecule has 1 aliphatic heterocycles. The zero-order chi connectivity index (χ0) is 36.1. The van der Waals surface area contributed by atoms with E-state index in [-0.39, 0.29) is 18.3 Å². The van der Waals surface area contributed by atoms with Gasteiger partial charge in [-0.3, -0.25) is 9.36 Å². The number of carbonyl (C=O) groups is 1. The van der Waals surface area contributed by atoms with Crippen LogP contribution >= 0.6 is 6.13 Å². The Morgan fingerprint density at radius 2 is 1.48 bits per heavy atom. The van der Waals surface area contributed by atoms with E-state index in [9.17, 15) is 4.79 Å². The number of ether oxygens (including phenoxy) is 4. The van der Waals surface area contributed by atoms with Crippen molar-refractivity contribution >= 4 is 53.1 Å². The highest BCUT2D eigenvalue weighted by Crippen LogP contribution is 2.44. The molecule has 0 spiro atoms. The second-order valence-electron chi connectivity index (χ2n) is 11.9. The molecule has 0 bridgehead atoms. The quantitative estimate of drug-likeness (QED) is 0.0740. The standard InChI is InChI=1S/C38H34N5O6PS2/c1-45-29-17-13-27(14-18-29)38(26-11-7-4-8-12-26,28-15-19-30(46-2)20-16-28)47-22-32-31(49-50(51)52)21-33(48-32)43-24-41-34-35(39-23-40-36(34)43)42-37(44)25-9-5-3-6-10-25/h3-20,23-24,31-33H,21-22H2,1-2H3,(H,39,40,42,44)/t31-,32+,33+/m0/s1. The lowest BCUT2D eigenvalue weighted by Crippen LogP contribution is -2.38. The fraction of sp³-hybridized carbons (Fsp3) is 0.211. The lowest BCUT2D eigenvalue weighted by atomic mass is 9.80. The fourth-order valence-electron chi connectivity index (χ4n) is 6.45. The van der Waals surface area contributed by atoms with Crippen LogP contribution in [0.5, 0.6) is 11.5 Å². The van der Waals surface area contributed by atoms with Crippen LogP contribution in [0, 0.1) is 0 Å². The highest BCUT2D eigenvalue weighted by Gasteiger charge is 2.44. The molecule has 4 aromatic carbocycles. The molecule has 0 saturated carbocycles. The monoisotopic (exact) mass is 751 g/mol. The number of methoxy groups -OCH3 is 2. The van der Waals surface area contributed by atoms with Crippen molar-refractivity contribution in [1.29, 1.82) is 0 Å². The molecule has 1 saturated heterocycles. The molecular formula is C38H34N5O6PS2. The predicted octanol–water partition coefficient (Wildman–Crippen LogP) is 7.10. The first-order valence-electron chi connectivity index (χ1n) is 16.4. The van der Waals surface area contributed by atoms with E-state index in [0.717, 1.165) is 28.2 Å². The second-order valence-corrected chi connectivity index (χ2v) is 15.3. The maximum absolute atomic E-state index is 12.9. The molecule has 52 heavy (non-hydrogen) atoms. The molecule has 1 N–H and O–H groups in total. The largest absolute Gasteiger partial charge is 0.497 e. The third kappa shape index (κ3) is 7.29. The van der Waals surface area contributed by atoms with Crippen molar-refractivity contribution in [3.8, 4) is 11.5 Å². The maximum Gasteiger partial charge on any atom is 0.256 e. The summed E-state index contributed by atoms with van der Waals surface area (Å²) >= 11 is 10.7. The Labute approximate surface area is 312 Å². The van der Waals surface area contributed by atoms with Gasteiger partial charge in [-0.2, -0.15) is 4.52 Å². The van der Waals surface area contributed by atoms with Crippen molar-refractivity contribution < 1.29 is 28.3 Å². The van der Waals surface area contributed by atoms with Crippen LogP contribution in [0.25, 0.3) is 11.2 Å². The van der Waals surface area contributed by atoms with Crippen molar-refractivity contribution in [2.75, 3.05) is 26.1 Å². The molecule has 6 aromatic rings. The lowest BCUT2D eigenvalue weighted by Gasteiger charge is -2.37. The average Bonchev–Trinajstić information content (AvgIpc) is 3.80. The number of benzene rings is 4. The third-order valence-corrected chi connectivity index (χ3v) is 9.94. The summed E-state index contributed by atoms with van der Waals surface area (Å²) in [5.74, 6) is 1.42. The smallest absolute Gasteiger partial charge is 0.256 e. The topological polar surface area (TPSA) is 119 Å². The summed E-state index contributed by atoms with van der Waals surface area (Å²) in [4.78, 5) is 26.3. The van der Waals surface area contributed by atoms with Crippen molar-refractivity contribution in [3.63, 3.8) is 0 Å². The molecule has 0 aliphatic carbocycles. The van der Waals surface area contributed by atoms with Gasteiger partial charge in [0.15, 0.2) is 28.8 Å². The van der Waals surface area contributed by atoms with Gasteiger partial charge < -0.3 is 36.5 Å². The van der Waals surface area contributed by atoms with Gasteiger partial charge in [0.2, 0.25) is 6.13 Å². The Morgan fingerprint density at radius 1 is 0.885 bits per heavy atom. The van der Waals surface area contributed by atoms with E-state index < -0.39 is 30.2 Å². The number of carbonyl (C=O) groups excluding carboxylic acids is 1. The first-order chi connectivity index (χ1) is 25.4. The van der Waals surface area contributed by atoms with E-state index in [1.54, 1.807) is 49.4 Å². The molecule has 7 rings (SSSR count). The zero-order valence-electron chi connectivity index (χ0n) is 28.2. The summed E-state index contributed by atoms with van der Waals surface area (Å²) in [5, 5.41) is 2.85. The van der Waals surface area contributed by atoms with Crippen molar-refractivity contribution in [2.45, 2.75) is 30.5 Å². The molecule has 11 nitrogen and oxygen atoms in total. The van der Waals surface area contributed by atoms with Crippen LogP contribution in [0.4, 0.5) is 5.82 Å². The van der Waals surface area contributed by atoms with Crippen LogP contribution < -0.4 is 14.8 Å². The number of hydrogen-bond acceptors (Lipinski definition) is 11. The molecule has 1 amide bonds. The molecule has 4 atom stereocenters. The van der Waals surface area contributed by atoms with E-state index in [1.807, 2.05) is 84.9 Å². The molecule has 264 valence electrons. The Hall–Kier alpha value is -4.75. The molecule has 1 aliphatic rings. The van der Waals surface area contributed by atoms with Gasteiger partial charge in [0.05, 0.1) is 27.2 Å². The van der Waals surface area contributed by atoms with E-state index in [2.05, 4.69) is 20.3 Å². The van der Waals surface area contributed by atoms with Gasteiger partial charge in [0.1, 0.15) is 41.9 Å². The zero-order valence-corrected chi connectivity index (χ0v) is 30.7. The average molecular weight is 752 g/mol. The van der Waals surface area contributed by atoms with Gasteiger partial charge in [-0.25, -0.2) is 15.0 Å². The van der Waals surface area contributed by atoms with Crippen LogP contribution in [0.2, 0.25) is 0 Å². The number of nitrogens with zero attached hydrogens (tertiary/aromatic N) is 4. The van der Waals surface area contributed by atoms with E-state index in [0.29, 0.717) is 23.1 Å². The number of hydrogen-bond donors (Lipinski definition) is 1. The van der Waals surface area contributed by atoms with Gasteiger partial charge in [0.25, 0.3) is 5.91 Å². The predicted molar refractivity (Wildman–Crippen MR) is 203 cm³/mol. The van der Waals surface area contributed by atoms with Gasteiger partial charge in [-0.15, -0.1) is 0 Å². The SMILES string of the molecule is COc1ccc(C(OC[C@H]2O[C@@H](n3cnc4c(NC(=O)c5ccccc5)ncnc43)C[C@@H]2O[P+](=S)[S-])(c2ccccc2)c2ccc(OC)cc2)cc1. The van der Waals surface area contributed by atoms with Crippen molar-refractivity contribution in [3.05, 3.63) is 144 Å². The summed E-state index contributed by atoms with van der Waals surface area (Å²) in [7, 11) is 3.27. The Balaban J connectivity index is 1.22. The number of fused-ring (bicyclic) bond motifs is 1. The lowest BCUT2D eigenvalue weighted by molar-refractivity contribution is -0.0890. The van der Waals surface area contributed by atoms with Crippen LogP contribution in [0.3, 0.4) is 0 Å². The maximum atomic E-state index is 12.9. The summed E-state index contributed by atoms with van der Waals surface area (Å²) in [6, 6.07) is 34.6. The Bertz CT molecular complexity index is 2110. The number of anilines is 1. The molecule has 3 heterocycles. The fourth-order valence-corrected chi connectivity index (χ4v) is 7.55. The number of rotatable bonds is 13. The summed E-state index contributed by atoms with van der Waals surface area (Å²) in [6.45, 7) is 0.113. The summed E-state index contributed by atoms with van der Waals surface area (Å²) in [6.07, 6.45) is 0.241. The van der Waals surface area contributed by atoms with E-state index in [4.69, 9.17) is 47.5 Å². The van der Waals surface area contributed by atoms with Crippen LogP contribution in [-0.2, 0) is 43.7 Å². The van der Waals surface area contributed by atoms with Crippen LogP contribution in [0.15, 0.2) is 122 Å². The second kappa shape index (κ2) is 15.9. The highest BCUT2D eigenvalue weighted by molar-refractivity contribution is 8.45. The Morgan fingerprint density at radius 3 is 2.08 bits per heavy atom. The van der Waals surface area contributed by atoms with E-state index >= 15 is 0 Å². The molecule has 1 fully saturated rings. The van der Waals surface area contributed by atoms with Crippen molar-refractivity contribution in [2.24, 2.45) is 0 Å². The normalized spacial score (nSPS) is 17.5. The van der Waals surface area contributed by atoms with Crippen LogP contribution in [-0.4, -0.2) is 58.5 Å². The molecular weight excluding hydrogens is 718 g/mol. The minimum absolute atomic E-state index is 0.113. The molecule has 2 aromatic heterocycles. The number of imidazole rings is 1. The summed E-state index contributed by atoms with van der Waals surface area (Å²) in [5.41, 5.74) is 3.01.